The third-order valence-electron chi connectivity index (χ3n) is 3.70. The minimum Gasteiger partial charge on any atom is -0.325 e. The first-order valence-corrected chi connectivity index (χ1v) is 8.27. The van der Waals surface area contributed by atoms with Gasteiger partial charge in [-0.1, -0.05) is 64.5 Å². The number of amides is 1. The van der Waals surface area contributed by atoms with E-state index in [1.54, 1.807) is 30.3 Å². The lowest BCUT2D eigenvalue weighted by Crippen LogP contribution is -2.40. The molecule has 1 aliphatic rings. The van der Waals surface area contributed by atoms with Crippen molar-refractivity contribution >= 4 is 39.0 Å². The SMILES string of the molecule is O=C(C1=NC=CC(Br)(C(=O)Nc2ccccc2)C1)c1ccccc1. The van der Waals surface area contributed by atoms with E-state index in [2.05, 4.69) is 26.2 Å². The highest BCUT2D eigenvalue weighted by Gasteiger charge is 2.38. The molecule has 0 fully saturated rings. The molecule has 1 amide bonds. The number of carbonyl (C=O) groups excluding carboxylic acids is 2. The first-order valence-electron chi connectivity index (χ1n) is 7.48. The third kappa shape index (κ3) is 3.51. The van der Waals surface area contributed by atoms with Gasteiger partial charge in [0.2, 0.25) is 11.7 Å². The Morgan fingerprint density at radius 3 is 2.29 bits per heavy atom. The summed E-state index contributed by atoms with van der Waals surface area (Å²) in [6.07, 6.45) is 3.35. The predicted molar refractivity (Wildman–Crippen MR) is 98.7 cm³/mol. The number of carbonyl (C=O) groups is 2. The Hall–Kier alpha value is -2.53. The van der Waals surface area contributed by atoms with E-state index in [9.17, 15) is 9.59 Å². The molecule has 0 saturated heterocycles. The first kappa shape index (κ1) is 16.3. The number of nitrogens with zero attached hydrogens (tertiary/aromatic N) is 1. The molecule has 120 valence electrons. The molecule has 1 N–H and O–H groups in total. The van der Waals surface area contributed by atoms with E-state index in [1.165, 1.54) is 6.20 Å². The molecule has 1 atom stereocenters. The number of alkyl halides is 1. The smallest absolute Gasteiger partial charge is 0.245 e. The van der Waals surface area contributed by atoms with Crippen molar-refractivity contribution in [1.29, 1.82) is 0 Å². The molecular formula is C19H15BrN2O2. The second kappa shape index (κ2) is 6.93. The van der Waals surface area contributed by atoms with Crippen LogP contribution < -0.4 is 5.32 Å². The Labute approximate surface area is 148 Å². The highest BCUT2D eigenvalue weighted by atomic mass is 79.9. The second-order valence-corrected chi connectivity index (χ2v) is 6.86. The van der Waals surface area contributed by atoms with E-state index < -0.39 is 4.32 Å². The summed E-state index contributed by atoms with van der Waals surface area (Å²) in [6, 6.07) is 18.1. The van der Waals surface area contributed by atoms with Crippen LogP contribution in [0.5, 0.6) is 0 Å². The summed E-state index contributed by atoms with van der Waals surface area (Å²) in [5, 5.41) is 2.85. The number of benzene rings is 2. The summed E-state index contributed by atoms with van der Waals surface area (Å²) < 4.78 is -0.996. The van der Waals surface area contributed by atoms with Gasteiger partial charge < -0.3 is 5.32 Å². The monoisotopic (exact) mass is 382 g/mol. The Kier molecular flexibility index (Phi) is 4.71. The normalized spacial score (nSPS) is 19.5. The molecule has 2 aromatic carbocycles. The average Bonchev–Trinajstić information content (AvgIpc) is 2.63. The van der Waals surface area contributed by atoms with Crippen molar-refractivity contribution in [2.45, 2.75) is 10.7 Å². The minimum absolute atomic E-state index is 0.170. The van der Waals surface area contributed by atoms with Crippen LogP contribution in [-0.4, -0.2) is 21.7 Å². The number of para-hydroxylation sites is 1. The van der Waals surface area contributed by atoms with Gasteiger partial charge in [-0.05, 0) is 18.2 Å². The molecule has 24 heavy (non-hydrogen) atoms. The fraction of sp³-hybridized carbons (Fsp3) is 0.105. The van der Waals surface area contributed by atoms with Crippen LogP contribution in [0.15, 0.2) is 77.9 Å². The number of Topliss-reactive ketones (excluding diaryl/α,β-unsaturated/α-hetero) is 1. The lowest BCUT2D eigenvalue weighted by molar-refractivity contribution is -0.117. The Morgan fingerprint density at radius 1 is 1.00 bits per heavy atom. The van der Waals surface area contributed by atoms with Gasteiger partial charge in [0, 0.05) is 23.9 Å². The Balaban J connectivity index is 1.76. The zero-order chi connectivity index (χ0) is 17.0. The number of hydrogen-bond acceptors (Lipinski definition) is 3. The van der Waals surface area contributed by atoms with Crippen LogP contribution in [0.1, 0.15) is 16.8 Å². The number of nitrogens with one attached hydrogen (secondary N) is 1. The second-order valence-electron chi connectivity index (χ2n) is 5.45. The van der Waals surface area contributed by atoms with Crippen molar-refractivity contribution in [3.63, 3.8) is 0 Å². The molecule has 0 aliphatic carbocycles. The minimum atomic E-state index is -0.996. The van der Waals surface area contributed by atoms with Crippen LogP contribution in [0, 0.1) is 0 Å². The van der Waals surface area contributed by atoms with Crippen molar-refractivity contribution in [1.82, 2.24) is 0 Å². The quantitative estimate of drug-likeness (QED) is 0.641. The van der Waals surface area contributed by atoms with Crippen LogP contribution in [-0.2, 0) is 4.79 Å². The largest absolute Gasteiger partial charge is 0.325 e. The van der Waals surface area contributed by atoms with Crippen molar-refractivity contribution in [3.8, 4) is 0 Å². The predicted octanol–water partition coefficient (Wildman–Crippen LogP) is 4.00. The van der Waals surface area contributed by atoms with E-state index in [0.29, 0.717) is 17.0 Å². The molecule has 0 radical (unpaired) electrons. The van der Waals surface area contributed by atoms with Gasteiger partial charge in [-0.25, -0.2) is 0 Å². The zero-order valence-corrected chi connectivity index (χ0v) is 14.4. The van der Waals surface area contributed by atoms with Gasteiger partial charge in [-0.15, -0.1) is 0 Å². The Bertz CT molecular complexity index is 816. The fourth-order valence-electron chi connectivity index (χ4n) is 2.40. The maximum Gasteiger partial charge on any atom is 0.245 e. The molecule has 5 heteroatoms. The first-order chi connectivity index (χ1) is 11.6. The maximum atomic E-state index is 12.6. The summed E-state index contributed by atoms with van der Waals surface area (Å²) in [4.78, 5) is 29.3. The molecule has 0 aromatic heterocycles. The number of hydrogen-bond donors (Lipinski definition) is 1. The maximum absolute atomic E-state index is 12.6. The van der Waals surface area contributed by atoms with Crippen LogP contribution in [0.4, 0.5) is 5.69 Å². The zero-order valence-electron chi connectivity index (χ0n) is 12.8. The topological polar surface area (TPSA) is 58.5 Å². The fourth-order valence-corrected chi connectivity index (χ4v) is 2.88. The van der Waals surface area contributed by atoms with E-state index >= 15 is 0 Å². The number of rotatable bonds is 4. The summed E-state index contributed by atoms with van der Waals surface area (Å²) in [6.45, 7) is 0. The van der Waals surface area contributed by atoms with E-state index in [1.807, 2.05) is 36.4 Å². The van der Waals surface area contributed by atoms with E-state index in [0.717, 1.165) is 0 Å². The Morgan fingerprint density at radius 2 is 1.62 bits per heavy atom. The average molecular weight is 383 g/mol. The van der Waals surface area contributed by atoms with Gasteiger partial charge in [0.25, 0.3) is 0 Å². The summed E-state index contributed by atoms with van der Waals surface area (Å²) in [5.74, 6) is -0.408. The molecule has 1 unspecified atom stereocenters. The van der Waals surface area contributed by atoms with Crippen molar-refractivity contribution in [3.05, 3.63) is 78.5 Å². The van der Waals surface area contributed by atoms with E-state index in [-0.39, 0.29) is 18.1 Å². The van der Waals surface area contributed by atoms with Gasteiger partial charge in [0.1, 0.15) is 4.32 Å². The van der Waals surface area contributed by atoms with Crippen LogP contribution in [0.3, 0.4) is 0 Å². The van der Waals surface area contributed by atoms with Crippen molar-refractivity contribution < 1.29 is 9.59 Å². The molecule has 0 bridgehead atoms. The summed E-state index contributed by atoms with van der Waals surface area (Å²) in [5.41, 5.74) is 1.61. The molecular weight excluding hydrogens is 368 g/mol. The molecule has 0 spiro atoms. The van der Waals surface area contributed by atoms with Crippen molar-refractivity contribution in [2.75, 3.05) is 5.32 Å². The van der Waals surface area contributed by atoms with Gasteiger partial charge >= 0.3 is 0 Å². The summed E-state index contributed by atoms with van der Waals surface area (Å²) >= 11 is 3.47. The highest BCUT2D eigenvalue weighted by Crippen LogP contribution is 2.30. The highest BCUT2D eigenvalue weighted by molar-refractivity contribution is 9.10. The molecule has 3 rings (SSSR count). The van der Waals surface area contributed by atoms with Crippen LogP contribution >= 0.6 is 15.9 Å². The number of halogens is 1. The van der Waals surface area contributed by atoms with Gasteiger partial charge in [0.05, 0.1) is 5.71 Å². The summed E-state index contributed by atoms with van der Waals surface area (Å²) in [7, 11) is 0. The van der Waals surface area contributed by atoms with Gasteiger partial charge in [0.15, 0.2) is 0 Å². The van der Waals surface area contributed by atoms with Gasteiger partial charge in [-0.2, -0.15) is 0 Å². The molecule has 4 nitrogen and oxygen atoms in total. The molecule has 1 aliphatic heterocycles. The number of aliphatic imine (C=N–C) groups is 1. The number of ketones is 1. The van der Waals surface area contributed by atoms with Gasteiger partial charge in [-0.3, -0.25) is 14.6 Å². The van der Waals surface area contributed by atoms with Crippen LogP contribution in [0.25, 0.3) is 0 Å². The molecule has 2 aromatic rings. The standard InChI is InChI=1S/C19H15BrN2O2/c20-19(18(24)22-15-9-5-2-6-10-15)11-12-21-16(13-19)17(23)14-7-3-1-4-8-14/h1-12H,13H2,(H,22,24). The lowest BCUT2D eigenvalue weighted by atomic mass is 9.93. The third-order valence-corrected chi connectivity index (χ3v) is 4.61. The number of anilines is 1. The van der Waals surface area contributed by atoms with E-state index in [4.69, 9.17) is 0 Å². The molecule has 1 heterocycles. The van der Waals surface area contributed by atoms with Crippen molar-refractivity contribution in [2.24, 2.45) is 4.99 Å². The lowest BCUT2D eigenvalue weighted by Gasteiger charge is -2.25. The molecule has 0 saturated carbocycles. The van der Waals surface area contributed by atoms with Crippen LogP contribution in [0.2, 0.25) is 0 Å².